The van der Waals surface area contributed by atoms with Crippen LogP contribution in [0, 0.1) is 5.41 Å². The molecule has 2 aromatic rings. The van der Waals surface area contributed by atoms with Crippen LogP contribution in [0.2, 0.25) is 0 Å². The largest absolute Gasteiger partial charge is 0.384 e. The van der Waals surface area contributed by atoms with E-state index >= 15 is 0 Å². The Bertz CT molecular complexity index is 622. The number of hydrogen-bond donors (Lipinski definition) is 1. The molecular weight excluding hydrogens is 260 g/mol. The average molecular weight is 282 g/mol. The van der Waals surface area contributed by atoms with E-state index in [-0.39, 0.29) is 0 Å². The lowest BCUT2D eigenvalue weighted by atomic mass is 9.84. The molecule has 2 N–H and O–H groups in total. The van der Waals surface area contributed by atoms with Crippen molar-refractivity contribution in [2.75, 3.05) is 23.7 Å². The van der Waals surface area contributed by atoms with Crippen LogP contribution in [-0.4, -0.2) is 23.1 Å². The van der Waals surface area contributed by atoms with Crippen LogP contribution in [0.5, 0.6) is 0 Å². The molecule has 0 atom stereocenters. The summed E-state index contributed by atoms with van der Waals surface area (Å²) in [5, 5.41) is 0. The van der Waals surface area contributed by atoms with Gasteiger partial charge in [-0.3, -0.25) is 0 Å². The Kier molecular flexibility index (Phi) is 3.53. The monoisotopic (exact) mass is 282 g/mol. The van der Waals surface area contributed by atoms with Gasteiger partial charge in [-0.1, -0.05) is 44.2 Å². The summed E-state index contributed by atoms with van der Waals surface area (Å²) in [4.78, 5) is 11.4. The number of piperidine rings is 1. The summed E-state index contributed by atoms with van der Waals surface area (Å²) in [7, 11) is 0. The summed E-state index contributed by atoms with van der Waals surface area (Å²) >= 11 is 0. The second-order valence-corrected chi connectivity index (χ2v) is 6.53. The molecule has 110 valence electrons. The molecule has 0 radical (unpaired) electrons. The number of anilines is 2. The zero-order chi connectivity index (χ0) is 14.9. The molecule has 2 heterocycles. The Labute approximate surface area is 126 Å². The fourth-order valence-electron chi connectivity index (χ4n) is 2.95. The van der Waals surface area contributed by atoms with Gasteiger partial charge in [-0.25, -0.2) is 9.97 Å². The lowest BCUT2D eigenvalue weighted by Gasteiger charge is -2.38. The Morgan fingerprint density at radius 1 is 1.14 bits per heavy atom. The highest BCUT2D eigenvalue weighted by atomic mass is 15.2. The number of benzene rings is 1. The highest BCUT2D eigenvalue weighted by Crippen LogP contribution is 2.31. The maximum atomic E-state index is 5.99. The Balaban J connectivity index is 1.95. The second kappa shape index (κ2) is 5.35. The molecule has 3 rings (SSSR count). The van der Waals surface area contributed by atoms with E-state index in [2.05, 4.69) is 23.7 Å². The molecular formula is C17H22N4. The number of rotatable bonds is 2. The summed E-state index contributed by atoms with van der Waals surface area (Å²) in [5.74, 6) is 2.17. The van der Waals surface area contributed by atoms with Crippen LogP contribution in [0.1, 0.15) is 26.7 Å². The third-order valence-electron chi connectivity index (χ3n) is 3.99. The minimum Gasteiger partial charge on any atom is -0.384 e. The van der Waals surface area contributed by atoms with Crippen LogP contribution in [0.4, 0.5) is 11.6 Å². The van der Waals surface area contributed by atoms with E-state index in [0.717, 1.165) is 24.5 Å². The first kappa shape index (κ1) is 13.9. The van der Waals surface area contributed by atoms with E-state index in [1.54, 1.807) is 0 Å². The van der Waals surface area contributed by atoms with Gasteiger partial charge in [-0.2, -0.15) is 0 Å². The van der Waals surface area contributed by atoms with Gasteiger partial charge < -0.3 is 10.6 Å². The SMILES string of the molecule is CC1(C)CCCN(c2cc(N)nc(-c3ccccc3)n2)C1. The van der Waals surface area contributed by atoms with Gasteiger partial charge in [0.25, 0.3) is 0 Å². The maximum Gasteiger partial charge on any atom is 0.163 e. The van der Waals surface area contributed by atoms with Crippen molar-refractivity contribution >= 4 is 11.6 Å². The molecule has 0 unspecified atom stereocenters. The van der Waals surface area contributed by atoms with Gasteiger partial charge in [0.1, 0.15) is 11.6 Å². The first-order valence-electron chi connectivity index (χ1n) is 7.48. The number of hydrogen-bond acceptors (Lipinski definition) is 4. The van der Waals surface area contributed by atoms with E-state index in [1.165, 1.54) is 12.8 Å². The molecule has 1 aromatic heterocycles. The summed E-state index contributed by atoms with van der Waals surface area (Å²) < 4.78 is 0. The molecule has 4 heteroatoms. The molecule has 1 saturated heterocycles. The molecule has 1 aliphatic heterocycles. The average Bonchev–Trinajstić information content (AvgIpc) is 2.46. The predicted molar refractivity (Wildman–Crippen MR) is 87.1 cm³/mol. The van der Waals surface area contributed by atoms with E-state index in [4.69, 9.17) is 10.7 Å². The molecule has 0 spiro atoms. The van der Waals surface area contributed by atoms with E-state index < -0.39 is 0 Å². The topological polar surface area (TPSA) is 55.0 Å². The lowest BCUT2D eigenvalue weighted by molar-refractivity contribution is 0.292. The Morgan fingerprint density at radius 2 is 1.90 bits per heavy atom. The standard InChI is InChI=1S/C17H22N4/c1-17(2)9-6-10-21(12-17)15-11-14(18)19-16(20-15)13-7-4-3-5-8-13/h3-5,7-8,11H,6,9-10,12H2,1-2H3,(H2,18,19,20). The van der Waals surface area contributed by atoms with Crippen molar-refractivity contribution in [2.45, 2.75) is 26.7 Å². The van der Waals surface area contributed by atoms with Crippen molar-refractivity contribution in [3.63, 3.8) is 0 Å². The van der Waals surface area contributed by atoms with Crippen molar-refractivity contribution < 1.29 is 0 Å². The van der Waals surface area contributed by atoms with Crippen LogP contribution >= 0.6 is 0 Å². The molecule has 4 nitrogen and oxygen atoms in total. The number of aromatic nitrogens is 2. The van der Waals surface area contributed by atoms with E-state index in [1.807, 2.05) is 36.4 Å². The van der Waals surface area contributed by atoms with Crippen molar-refractivity contribution in [3.8, 4) is 11.4 Å². The maximum absolute atomic E-state index is 5.99. The van der Waals surface area contributed by atoms with Crippen LogP contribution in [0.15, 0.2) is 36.4 Å². The van der Waals surface area contributed by atoms with Gasteiger partial charge in [-0.15, -0.1) is 0 Å². The number of nitrogens with two attached hydrogens (primary N) is 1. The number of nitrogens with zero attached hydrogens (tertiary/aromatic N) is 3. The quantitative estimate of drug-likeness (QED) is 0.917. The molecule has 1 fully saturated rings. The fraction of sp³-hybridized carbons (Fsp3) is 0.412. The summed E-state index contributed by atoms with van der Waals surface area (Å²) in [5.41, 5.74) is 7.32. The Morgan fingerprint density at radius 3 is 2.62 bits per heavy atom. The predicted octanol–water partition coefficient (Wildman–Crippen LogP) is 3.35. The van der Waals surface area contributed by atoms with Crippen LogP contribution in [0.25, 0.3) is 11.4 Å². The summed E-state index contributed by atoms with van der Waals surface area (Å²) in [6.07, 6.45) is 2.45. The summed E-state index contributed by atoms with van der Waals surface area (Å²) in [6.45, 7) is 6.66. The lowest BCUT2D eigenvalue weighted by Crippen LogP contribution is -2.40. The minimum absolute atomic E-state index is 0.324. The number of nitrogen functional groups attached to an aromatic ring is 1. The molecule has 1 aromatic carbocycles. The van der Waals surface area contributed by atoms with Gasteiger partial charge in [0.15, 0.2) is 5.82 Å². The zero-order valence-electron chi connectivity index (χ0n) is 12.7. The first-order valence-corrected chi connectivity index (χ1v) is 7.48. The van der Waals surface area contributed by atoms with Crippen molar-refractivity contribution in [1.29, 1.82) is 0 Å². The zero-order valence-corrected chi connectivity index (χ0v) is 12.7. The van der Waals surface area contributed by atoms with Gasteiger partial charge in [0.2, 0.25) is 0 Å². The van der Waals surface area contributed by atoms with Crippen LogP contribution in [0.3, 0.4) is 0 Å². The Hall–Kier alpha value is -2.10. The van der Waals surface area contributed by atoms with Crippen molar-refractivity contribution in [2.24, 2.45) is 5.41 Å². The van der Waals surface area contributed by atoms with Crippen LogP contribution < -0.4 is 10.6 Å². The molecule has 0 saturated carbocycles. The third kappa shape index (κ3) is 3.15. The molecule has 0 bridgehead atoms. The van der Waals surface area contributed by atoms with Gasteiger partial charge >= 0.3 is 0 Å². The van der Waals surface area contributed by atoms with Crippen LogP contribution in [-0.2, 0) is 0 Å². The second-order valence-electron chi connectivity index (χ2n) is 6.53. The van der Waals surface area contributed by atoms with E-state index in [9.17, 15) is 0 Å². The minimum atomic E-state index is 0.324. The van der Waals surface area contributed by atoms with Gasteiger partial charge in [-0.05, 0) is 18.3 Å². The van der Waals surface area contributed by atoms with Crippen molar-refractivity contribution in [3.05, 3.63) is 36.4 Å². The first-order chi connectivity index (χ1) is 10.0. The van der Waals surface area contributed by atoms with Gasteiger partial charge in [0, 0.05) is 24.7 Å². The normalized spacial score (nSPS) is 17.7. The molecule has 0 amide bonds. The van der Waals surface area contributed by atoms with Gasteiger partial charge in [0.05, 0.1) is 0 Å². The highest BCUT2D eigenvalue weighted by Gasteiger charge is 2.27. The third-order valence-corrected chi connectivity index (χ3v) is 3.99. The highest BCUT2D eigenvalue weighted by molar-refractivity contribution is 5.60. The molecule has 21 heavy (non-hydrogen) atoms. The fourth-order valence-corrected chi connectivity index (χ4v) is 2.95. The summed E-state index contributed by atoms with van der Waals surface area (Å²) in [6, 6.07) is 11.9. The smallest absolute Gasteiger partial charge is 0.163 e. The molecule has 1 aliphatic rings. The van der Waals surface area contributed by atoms with E-state index in [0.29, 0.717) is 17.1 Å². The molecule has 0 aliphatic carbocycles. The van der Waals surface area contributed by atoms with Crippen molar-refractivity contribution in [1.82, 2.24) is 9.97 Å².